The van der Waals surface area contributed by atoms with Gasteiger partial charge in [0.1, 0.15) is 4.49 Å². The molecule has 0 spiro atoms. The molecule has 2 nitrogen and oxygen atoms in total. The number of esters is 1. The Morgan fingerprint density at radius 1 is 1.45 bits per heavy atom. The molecule has 120 valence electrons. The summed E-state index contributed by atoms with van der Waals surface area (Å²) in [4.78, 5) is 12.3. The van der Waals surface area contributed by atoms with Gasteiger partial charge in [-0.1, -0.05) is 55.1 Å². The van der Waals surface area contributed by atoms with Gasteiger partial charge in [-0.05, 0) is 42.7 Å². The molecule has 0 aromatic rings. The van der Waals surface area contributed by atoms with Crippen molar-refractivity contribution in [1.29, 1.82) is 0 Å². The average molecular weight is 341 g/mol. The van der Waals surface area contributed by atoms with Gasteiger partial charge in [-0.15, -0.1) is 13.0 Å². The third kappa shape index (κ3) is 4.66. The first-order valence-corrected chi connectivity index (χ1v) is 7.98. The van der Waals surface area contributed by atoms with E-state index >= 15 is 0 Å². The van der Waals surface area contributed by atoms with Crippen molar-refractivity contribution in [3.8, 4) is 12.3 Å². The lowest BCUT2D eigenvalue weighted by molar-refractivity contribution is -0.147. The number of hydrogen-bond acceptors (Lipinski definition) is 2. The summed E-state index contributed by atoms with van der Waals surface area (Å²) in [6.45, 7) is 9.50. The van der Waals surface area contributed by atoms with Gasteiger partial charge in [-0.25, -0.2) is 0 Å². The van der Waals surface area contributed by atoms with Crippen molar-refractivity contribution in [3.63, 3.8) is 0 Å². The van der Waals surface area contributed by atoms with E-state index in [1.807, 2.05) is 32.9 Å². The molecule has 1 fully saturated rings. The van der Waals surface area contributed by atoms with Crippen LogP contribution in [0.15, 0.2) is 34.9 Å². The van der Waals surface area contributed by atoms with Gasteiger partial charge in [0, 0.05) is 0 Å². The minimum atomic E-state index is -0.634. The smallest absolute Gasteiger partial charge is 0.311 e. The Labute approximate surface area is 143 Å². The molecule has 0 N–H and O–H groups in total. The van der Waals surface area contributed by atoms with E-state index in [0.29, 0.717) is 0 Å². The van der Waals surface area contributed by atoms with E-state index in [1.54, 1.807) is 6.08 Å². The van der Waals surface area contributed by atoms with E-state index in [-0.39, 0.29) is 27.7 Å². The minimum absolute atomic E-state index is 0.0199. The van der Waals surface area contributed by atoms with Crippen LogP contribution in [0.5, 0.6) is 0 Å². The van der Waals surface area contributed by atoms with Crippen LogP contribution in [0.3, 0.4) is 0 Å². The van der Waals surface area contributed by atoms with Crippen LogP contribution >= 0.6 is 23.2 Å². The largest absolute Gasteiger partial charge is 0.444 e. The first kappa shape index (κ1) is 18.9. The van der Waals surface area contributed by atoms with Crippen LogP contribution in [0.2, 0.25) is 0 Å². The summed E-state index contributed by atoms with van der Waals surface area (Å²) in [5.41, 5.74) is 0.643. The molecule has 0 radical (unpaired) electrons. The van der Waals surface area contributed by atoms with E-state index in [1.165, 1.54) is 0 Å². The molecular weight excluding hydrogens is 319 g/mol. The molecule has 1 aliphatic rings. The molecule has 1 aliphatic carbocycles. The molecule has 1 rings (SSSR count). The number of allylic oxidation sites excluding steroid dienone is 3. The van der Waals surface area contributed by atoms with Crippen LogP contribution in [-0.4, -0.2) is 12.1 Å². The predicted octanol–water partition coefficient (Wildman–Crippen LogP) is 5.04. The van der Waals surface area contributed by atoms with E-state index in [4.69, 9.17) is 34.4 Å². The zero-order chi connectivity index (χ0) is 16.9. The molecule has 0 saturated heterocycles. The first-order valence-electron chi connectivity index (χ1n) is 7.22. The number of hydrogen-bond donors (Lipinski definition) is 0. The van der Waals surface area contributed by atoms with Crippen LogP contribution in [0.25, 0.3) is 0 Å². The number of terminal acetylenes is 1. The summed E-state index contributed by atoms with van der Waals surface area (Å²) in [5, 5.41) is 0. The number of carbonyl (C=O) groups is 1. The van der Waals surface area contributed by atoms with E-state index in [0.717, 1.165) is 18.4 Å². The average Bonchev–Trinajstić information content (AvgIpc) is 2.96. The quantitative estimate of drug-likeness (QED) is 0.281. The first-order chi connectivity index (χ1) is 10.3. The Balaban J connectivity index is 2.71. The van der Waals surface area contributed by atoms with Gasteiger partial charge in [-0.3, -0.25) is 4.79 Å². The standard InChI is InChI=1S/C18H22Cl2O2/c1-6-8-9-10-12(3)14(7-2)22-17(21)16-13(11-15(19)20)18(16,4)5/h2,6,10-11,13-14,16H,1,8-9H2,3-5H3. The van der Waals surface area contributed by atoms with Gasteiger partial charge in [0.05, 0.1) is 5.92 Å². The summed E-state index contributed by atoms with van der Waals surface area (Å²) in [6, 6.07) is 0. The van der Waals surface area contributed by atoms with Crippen molar-refractivity contribution in [3.05, 3.63) is 34.9 Å². The van der Waals surface area contributed by atoms with Crippen molar-refractivity contribution in [1.82, 2.24) is 0 Å². The predicted molar refractivity (Wildman–Crippen MR) is 92.5 cm³/mol. The normalized spacial score (nSPS) is 23.9. The van der Waals surface area contributed by atoms with Crippen LogP contribution in [0.4, 0.5) is 0 Å². The van der Waals surface area contributed by atoms with Crippen LogP contribution in [0.1, 0.15) is 33.6 Å². The van der Waals surface area contributed by atoms with Crippen molar-refractivity contribution < 1.29 is 9.53 Å². The Kier molecular flexibility index (Phi) is 6.78. The van der Waals surface area contributed by atoms with Crippen molar-refractivity contribution in [2.45, 2.75) is 39.7 Å². The van der Waals surface area contributed by atoms with E-state index in [9.17, 15) is 4.79 Å². The summed E-state index contributed by atoms with van der Waals surface area (Å²) in [7, 11) is 0. The Morgan fingerprint density at radius 2 is 2.09 bits per heavy atom. The molecule has 3 unspecified atom stereocenters. The number of unbranched alkanes of at least 4 members (excludes halogenated alkanes) is 1. The van der Waals surface area contributed by atoms with Crippen LogP contribution in [0, 0.1) is 29.6 Å². The van der Waals surface area contributed by atoms with Gasteiger partial charge >= 0.3 is 5.97 Å². The molecule has 3 atom stereocenters. The van der Waals surface area contributed by atoms with E-state index < -0.39 is 6.10 Å². The molecular formula is C18H22Cl2O2. The van der Waals surface area contributed by atoms with Crippen molar-refractivity contribution >= 4 is 29.2 Å². The zero-order valence-corrected chi connectivity index (χ0v) is 14.7. The van der Waals surface area contributed by atoms with Crippen molar-refractivity contribution in [2.75, 3.05) is 0 Å². The zero-order valence-electron chi connectivity index (χ0n) is 13.2. The highest BCUT2D eigenvalue weighted by atomic mass is 35.5. The minimum Gasteiger partial charge on any atom is -0.444 e. The summed E-state index contributed by atoms with van der Waals surface area (Å²) in [5.74, 6) is 1.93. The summed E-state index contributed by atoms with van der Waals surface area (Å²) >= 11 is 11.4. The van der Waals surface area contributed by atoms with E-state index in [2.05, 4.69) is 12.5 Å². The third-order valence-electron chi connectivity index (χ3n) is 4.11. The second-order valence-electron chi connectivity index (χ2n) is 6.08. The lowest BCUT2D eigenvalue weighted by Gasteiger charge is -2.14. The SMILES string of the molecule is C#CC(OC(=O)C1C(C=C(Cl)Cl)C1(C)C)C(C)=CCCC=C. The molecule has 4 heteroatoms. The third-order valence-corrected chi connectivity index (χ3v) is 4.36. The number of carbonyl (C=O) groups excluding carboxylic acids is 1. The fourth-order valence-corrected chi connectivity index (χ4v) is 2.83. The number of halogens is 2. The lowest BCUT2D eigenvalue weighted by atomic mass is 10.1. The molecule has 0 heterocycles. The van der Waals surface area contributed by atoms with Gasteiger partial charge in [0.25, 0.3) is 0 Å². The highest BCUT2D eigenvalue weighted by Gasteiger charge is 2.61. The van der Waals surface area contributed by atoms with Gasteiger partial charge in [-0.2, -0.15) is 0 Å². The Bertz CT molecular complexity index is 534. The van der Waals surface area contributed by atoms with Gasteiger partial charge in [0.2, 0.25) is 0 Å². The second kappa shape index (κ2) is 7.90. The molecule has 0 aliphatic heterocycles. The monoisotopic (exact) mass is 340 g/mol. The summed E-state index contributed by atoms with van der Waals surface area (Å²) in [6.07, 6.45) is 12.0. The lowest BCUT2D eigenvalue weighted by Crippen LogP contribution is -2.20. The molecule has 0 bridgehead atoms. The maximum atomic E-state index is 12.3. The Hall–Kier alpha value is -1.17. The highest BCUT2D eigenvalue weighted by Crippen LogP contribution is 2.60. The van der Waals surface area contributed by atoms with Crippen LogP contribution in [-0.2, 0) is 9.53 Å². The second-order valence-corrected chi connectivity index (χ2v) is 7.09. The molecule has 0 amide bonds. The molecule has 22 heavy (non-hydrogen) atoms. The number of ether oxygens (including phenoxy) is 1. The highest BCUT2D eigenvalue weighted by molar-refractivity contribution is 6.55. The molecule has 1 saturated carbocycles. The van der Waals surface area contributed by atoms with Crippen LogP contribution < -0.4 is 0 Å². The molecule has 0 aromatic carbocycles. The van der Waals surface area contributed by atoms with Gasteiger partial charge < -0.3 is 4.74 Å². The topological polar surface area (TPSA) is 26.3 Å². The van der Waals surface area contributed by atoms with Crippen molar-refractivity contribution in [2.24, 2.45) is 17.3 Å². The fourth-order valence-electron chi connectivity index (χ4n) is 2.56. The maximum absolute atomic E-state index is 12.3. The summed E-state index contributed by atoms with van der Waals surface area (Å²) < 4.78 is 5.65. The maximum Gasteiger partial charge on any atom is 0.311 e. The van der Waals surface area contributed by atoms with Gasteiger partial charge in [0.15, 0.2) is 6.10 Å². The fraction of sp³-hybridized carbons (Fsp3) is 0.500. The Morgan fingerprint density at radius 3 is 2.59 bits per heavy atom. The molecule has 0 aromatic heterocycles. The number of rotatable bonds is 7.